The van der Waals surface area contributed by atoms with E-state index in [2.05, 4.69) is 10.3 Å². The van der Waals surface area contributed by atoms with Gasteiger partial charge in [-0.2, -0.15) is 11.8 Å². The van der Waals surface area contributed by atoms with Crippen LogP contribution in [0.15, 0.2) is 6.20 Å². The molecule has 7 heteroatoms. The molecular formula is C13H21N3O3S. The summed E-state index contributed by atoms with van der Waals surface area (Å²) in [4.78, 5) is 14.9. The van der Waals surface area contributed by atoms with E-state index in [1.807, 2.05) is 6.26 Å². The lowest BCUT2D eigenvalue weighted by Gasteiger charge is -2.22. The molecule has 0 aliphatic heterocycles. The lowest BCUT2D eigenvalue weighted by Crippen LogP contribution is -2.39. The highest BCUT2D eigenvalue weighted by Crippen LogP contribution is 2.23. The van der Waals surface area contributed by atoms with Gasteiger partial charge in [0.05, 0.1) is 16.2 Å². The molecule has 0 bridgehead atoms. The fraction of sp³-hybridized carbons (Fsp3) is 0.615. The van der Waals surface area contributed by atoms with Crippen LogP contribution in [0.25, 0.3) is 0 Å². The molecule has 1 rings (SSSR count). The van der Waals surface area contributed by atoms with Gasteiger partial charge >= 0.3 is 0 Å². The molecule has 6 nitrogen and oxygen atoms in total. The predicted molar refractivity (Wildman–Crippen MR) is 81.1 cm³/mol. The number of hydrogen-bond acceptors (Lipinski definition) is 6. The minimum absolute atomic E-state index is 0.118. The average molecular weight is 299 g/mol. The van der Waals surface area contributed by atoms with E-state index in [4.69, 9.17) is 0 Å². The first-order valence-electron chi connectivity index (χ1n) is 6.30. The van der Waals surface area contributed by atoms with E-state index in [1.54, 1.807) is 32.5 Å². The summed E-state index contributed by atoms with van der Waals surface area (Å²) < 4.78 is 0. The van der Waals surface area contributed by atoms with Gasteiger partial charge in [-0.3, -0.25) is 15.1 Å². The standard InChI is InChI=1S/C13H21N3O3S/c1-9-5-15-11(10(2)12(9)16(18)19)6-14-7-13(3,17)8-20-4/h5,14,17H,6-8H2,1-4H3. The van der Waals surface area contributed by atoms with Crippen LogP contribution in [0.5, 0.6) is 0 Å². The fourth-order valence-electron chi connectivity index (χ4n) is 2.04. The van der Waals surface area contributed by atoms with E-state index in [1.165, 1.54) is 6.20 Å². The average Bonchev–Trinajstić information content (AvgIpc) is 2.31. The van der Waals surface area contributed by atoms with Crippen molar-refractivity contribution in [3.63, 3.8) is 0 Å². The van der Waals surface area contributed by atoms with Gasteiger partial charge in [0.25, 0.3) is 5.69 Å². The van der Waals surface area contributed by atoms with E-state index < -0.39 is 5.60 Å². The quantitative estimate of drug-likeness (QED) is 0.589. The topological polar surface area (TPSA) is 88.3 Å². The second-order valence-corrected chi connectivity index (χ2v) is 6.02. The number of thioether (sulfide) groups is 1. The largest absolute Gasteiger partial charge is 0.388 e. The van der Waals surface area contributed by atoms with Crippen molar-refractivity contribution in [1.29, 1.82) is 0 Å². The molecule has 1 unspecified atom stereocenters. The Bertz CT molecular complexity index is 492. The molecule has 0 aromatic carbocycles. The van der Waals surface area contributed by atoms with Crippen molar-refractivity contribution < 1.29 is 10.0 Å². The maximum Gasteiger partial charge on any atom is 0.278 e. The number of aliphatic hydroxyl groups is 1. The molecule has 1 aromatic heterocycles. The van der Waals surface area contributed by atoms with Gasteiger partial charge in [-0.25, -0.2) is 0 Å². The van der Waals surface area contributed by atoms with Gasteiger partial charge < -0.3 is 10.4 Å². The summed E-state index contributed by atoms with van der Waals surface area (Å²) in [5, 5.41) is 24.2. The van der Waals surface area contributed by atoms with Crippen molar-refractivity contribution in [3.05, 3.63) is 33.1 Å². The Morgan fingerprint density at radius 3 is 2.75 bits per heavy atom. The molecule has 1 atom stereocenters. The molecule has 1 heterocycles. The molecule has 2 N–H and O–H groups in total. The molecular weight excluding hydrogens is 278 g/mol. The predicted octanol–water partition coefficient (Wildman–Crippen LogP) is 1.81. The highest BCUT2D eigenvalue weighted by molar-refractivity contribution is 7.98. The van der Waals surface area contributed by atoms with Gasteiger partial charge in [-0.05, 0) is 27.0 Å². The van der Waals surface area contributed by atoms with Crippen LogP contribution in [-0.2, 0) is 6.54 Å². The first-order valence-corrected chi connectivity index (χ1v) is 7.69. The molecule has 0 saturated heterocycles. The van der Waals surface area contributed by atoms with E-state index in [9.17, 15) is 15.2 Å². The van der Waals surface area contributed by atoms with Gasteiger partial charge in [0.2, 0.25) is 0 Å². The molecule has 0 aliphatic carbocycles. The van der Waals surface area contributed by atoms with Crippen LogP contribution in [0.1, 0.15) is 23.7 Å². The minimum atomic E-state index is -0.802. The third-order valence-corrected chi connectivity index (χ3v) is 3.92. The van der Waals surface area contributed by atoms with Crippen molar-refractivity contribution in [1.82, 2.24) is 10.3 Å². The van der Waals surface area contributed by atoms with Crippen LogP contribution in [0.4, 0.5) is 5.69 Å². The van der Waals surface area contributed by atoms with Crippen LogP contribution in [0, 0.1) is 24.0 Å². The molecule has 0 fully saturated rings. The van der Waals surface area contributed by atoms with Crippen molar-refractivity contribution in [2.24, 2.45) is 0 Å². The summed E-state index contributed by atoms with van der Waals surface area (Å²) >= 11 is 1.57. The Hall–Kier alpha value is -1.18. The van der Waals surface area contributed by atoms with E-state index in [0.717, 1.165) is 0 Å². The first kappa shape index (κ1) is 16.9. The first-order chi connectivity index (χ1) is 9.28. The summed E-state index contributed by atoms with van der Waals surface area (Å²) in [7, 11) is 0. The lowest BCUT2D eigenvalue weighted by atomic mass is 10.1. The number of hydrogen-bond donors (Lipinski definition) is 2. The van der Waals surface area contributed by atoms with Crippen LogP contribution in [-0.4, -0.2) is 39.2 Å². The van der Waals surface area contributed by atoms with Gasteiger partial charge in [0, 0.05) is 36.2 Å². The summed E-state index contributed by atoms with van der Waals surface area (Å²) in [5.41, 5.74) is 1.09. The van der Waals surface area contributed by atoms with Gasteiger partial charge in [-0.1, -0.05) is 0 Å². The Labute approximate surface area is 123 Å². The number of rotatable bonds is 7. The maximum atomic E-state index is 11.0. The van der Waals surface area contributed by atoms with Crippen molar-refractivity contribution in [2.45, 2.75) is 32.9 Å². The normalized spacial score (nSPS) is 14.1. The second-order valence-electron chi connectivity index (χ2n) is 5.15. The zero-order valence-corrected chi connectivity index (χ0v) is 13.1. The molecule has 0 radical (unpaired) electrons. The van der Waals surface area contributed by atoms with Gasteiger partial charge in [-0.15, -0.1) is 0 Å². The fourth-order valence-corrected chi connectivity index (χ4v) is 2.76. The number of nitrogens with one attached hydrogen (secondary N) is 1. The second kappa shape index (κ2) is 7.01. The summed E-state index contributed by atoms with van der Waals surface area (Å²) in [6.07, 6.45) is 3.45. The SMILES string of the molecule is CSCC(C)(O)CNCc1ncc(C)c([N+](=O)[O-])c1C. The molecule has 0 saturated carbocycles. The minimum Gasteiger partial charge on any atom is -0.388 e. The number of aromatic nitrogens is 1. The van der Waals surface area contributed by atoms with Crippen molar-refractivity contribution in [3.8, 4) is 0 Å². The molecule has 0 spiro atoms. The van der Waals surface area contributed by atoms with Crippen LogP contribution < -0.4 is 5.32 Å². The molecule has 112 valence electrons. The zero-order chi connectivity index (χ0) is 15.3. The molecule has 1 aromatic rings. The number of aryl methyl sites for hydroxylation is 1. The highest BCUT2D eigenvalue weighted by atomic mass is 32.2. The molecule has 0 aliphatic rings. The Morgan fingerprint density at radius 1 is 1.55 bits per heavy atom. The monoisotopic (exact) mass is 299 g/mol. The number of nitrogens with zero attached hydrogens (tertiary/aromatic N) is 2. The number of nitro groups is 1. The Morgan fingerprint density at radius 2 is 2.20 bits per heavy atom. The lowest BCUT2D eigenvalue weighted by molar-refractivity contribution is -0.386. The third kappa shape index (κ3) is 4.43. The smallest absolute Gasteiger partial charge is 0.278 e. The van der Waals surface area contributed by atoms with E-state index in [0.29, 0.717) is 35.7 Å². The van der Waals surface area contributed by atoms with E-state index >= 15 is 0 Å². The summed E-state index contributed by atoms with van der Waals surface area (Å²) in [5.74, 6) is 0.625. The zero-order valence-electron chi connectivity index (χ0n) is 12.3. The maximum absolute atomic E-state index is 11.0. The van der Waals surface area contributed by atoms with E-state index in [-0.39, 0.29) is 10.6 Å². The Kier molecular flexibility index (Phi) is 5.91. The van der Waals surface area contributed by atoms with Gasteiger partial charge in [0.15, 0.2) is 0 Å². The third-order valence-electron chi connectivity index (χ3n) is 3.01. The Balaban J connectivity index is 2.75. The van der Waals surface area contributed by atoms with Crippen LogP contribution >= 0.6 is 11.8 Å². The molecule has 20 heavy (non-hydrogen) atoms. The van der Waals surface area contributed by atoms with Crippen LogP contribution in [0.3, 0.4) is 0 Å². The summed E-state index contributed by atoms with van der Waals surface area (Å²) in [6, 6.07) is 0. The number of pyridine rings is 1. The van der Waals surface area contributed by atoms with Crippen LogP contribution in [0.2, 0.25) is 0 Å². The highest BCUT2D eigenvalue weighted by Gasteiger charge is 2.21. The van der Waals surface area contributed by atoms with Crippen molar-refractivity contribution in [2.75, 3.05) is 18.6 Å². The van der Waals surface area contributed by atoms with Gasteiger partial charge in [0.1, 0.15) is 0 Å². The summed E-state index contributed by atoms with van der Waals surface area (Å²) in [6.45, 7) is 5.95. The molecule has 0 amide bonds. The van der Waals surface area contributed by atoms with Crippen molar-refractivity contribution >= 4 is 17.4 Å².